The minimum atomic E-state index is -3.89. The fraction of sp³-hybridized carbons (Fsp3) is 0.0833. The van der Waals surface area contributed by atoms with Gasteiger partial charge in [0.2, 0.25) is 0 Å². The van der Waals surface area contributed by atoms with Crippen molar-refractivity contribution < 1.29 is 13.2 Å². The monoisotopic (exact) mass is 410 g/mol. The fourth-order valence-electron chi connectivity index (χ4n) is 1.58. The van der Waals surface area contributed by atoms with Gasteiger partial charge >= 0.3 is 0 Å². The van der Waals surface area contributed by atoms with E-state index in [1.54, 1.807) is 6.07 Å². The molecule has 0 aliphatic rings. The average molecular weight is 412 g/mol. The maximum atomic E-state index is 12.4. The predicted molar refractivity (Wildman–Crippen MR) is 85.8 cm³/mol. The van der Waals surface area contributed by atoms with Crippen LogP contribution in [0.15, 0.2) is 39.8 Å². The number of ether oxygens (including phenoxy) is 1. The highest BCUT2D eigenvalue weighted by Gasteiger charge is 2.22. The van der Waals surface area contributed by atoms with Crippen LogP contribution in [0.1, 0.15) is 0 Å². The molecular weight excluding hydrogens is 403 g/mol. The van der Waals surface area contributed by atoms with Crippen LogP contribution in [0.4, 0.5) is 5.69 Å². The zero-order valence-corrected chi connectivity index (χ0v) is 14.5. The first-order valence-electron chi connectivity index (χ1n) is 5.51. The second kappa shape index (κ2) is 6.39. The van der Waals surface area contributed by atoms with E-state index in [-0.39, 0.29) is 26.5 Å². The summed E-state index contributed by atoms with van der Waals surface area (Å²) in [5, 5.41) is 0.526. The zero-order chi connectivity index (χ0) is 15.6. The normalized spacial score (nSPS) is 11.2. The Kier molecular flexibility index (Phi) is 4.98. The van der Waals surface area contributed by atoms with Gasteiger partial charge in [0.05, 0.1) is 23.5 Å². The van der Waals surface area contributed by atoms with E-state index in [1.165, 1.54) is 31.5 Å². The molecule has 0 bridgehead atoms. The second-order valence-electron chi connectivity index (χ2n) is 3.89. The Labute approximate surface area is 140 Å². The van der Waals surface area contributed by atoms with Gasteiger partial charge in [-0.3, -0.25) is 4.72 Å². The van der Waals surface area contributed by atoms with Gasteiger partial charge in [0.1, 0.15) is 10.0 Å². The Balaban J connectivity index is 2.46. The van der Waals surface area contributed by atoms with Crippen molar-refractivity contribution in [2.45, 2.75) is 4.90 Å². The van der Waals surface area contributed by atoms with Crippen LogP contribution in [0.25, 0.3) is 0 Å². The van der Waals surface area contributed by atoms with Gasteiger partial charge < -0.3 is 4.74 Å². The van der Waals surface area contributed by atoms with Gasteiger partial charge in [0.15, 0.2) is 5.75 Å². The van der Waals surface area contributed by atoms with E-state index in [9.17, 15) is 8.42 Å². The van der Waals surface area contributed by atoms with Crippen molar-refractivity contribution in [3.05, 3.63) is 45.1 Å². The molecule has 112 valence electrons. The first-order valence-corrected chi connectivity index (χ1v) is 8.54. The summed E-state index contributed by atoms with van der Waals surface area (Å²) in [6.07, 6.45) is 1.31. The number of hydrogen-bond acceptors (Lipinski definition) is 4. The van der Waals surface area contributed by atoms with Gasteiger partial charge in [0.25, 0.3) is 10.0 Å². The summed E-state index contributed by atoms with van der Waals surface area (Å²) in [4.78, 5) is 3.72. The van der Waals surface area contributed by atoms with Crippen molar-refractivity contribution >= 4 is 54.8 Å². The van der Waals surface area contributed by atoms with E-state index < -0.39 is 10.0 Å². The SMILES string of the molecule is COc1c(Br)cc(Cl)cc1S(=O)(=O)Nc1ccc(Cl)nc1. The molecule has 5 nitrogen and oxygen atoms in total. The highest BCUT2D eigenvalue weighted by atomic mass is 79.9. The molecule has 0 amide bonds. The number of nitrogens with zero attached hydrogens (tertiary/aromatic N) is 1. The van der Waals surface area contributed by atoms with Crippen LogP contribution in [-0.4, -0.2) is 20.5 Å². The van der Waals surface area contributed by atoms with E-state index in [1.807, 2.05) is 0 Å². The Hall–Kier alpha value is -1.02. The van der Waals surface area contributed by atoms with Crippen LogP contribution < -0.4 is 9.46 Å². The maximum absolute atomic E-state index is 12.4. The molecule has 1 N–H and O–H groups in total. The lowest BCUT2D eigenvalue weighted by Gasteiger charge is -2.13. The molecule has 1 aromatic carbocycles. The lowest BCUT2D eigenvalue weighted by molar-refractivity contribution is 0.400. The van der Waals surface area contributed by atoms with Crippen LogP contribution in [0.5, 0.6) is 5.75 Å². The molecule has 2 aromatic rings. The molecule has 1 aromatic heterocycles. The molecule has 0 radical (unpaired) electrons. The number of nitrogens with one attached hydrogen (secondary N) is 1. The summed E-state index contributed by atoms with van der Waals surface area (Å²) < 4.78 is 32.8. The number of methoxy groups -OCH3 is 1. The summed E-state index contributed by atoms with van der Waals surface area (Å²) in [7, 11) is -2.51. The largest absolute Gasteiger partial charge is 0.494 e. The molecule has 0 atom stereocenters. The first-order chi connectivity index (χ1) is 9.83. The summed E-state index contributed by atoms with van der Waals surface area (Å²) in [5.74, 6) is 0.161. The zero-order valence-electron chi connectivity index (χ0n) is 10.6. The molecule has 0 saturated heterocycles. The molecule has 2 rings (SSSR count). The average Bonchev–Trinajstić information content (AvgIpc) is 2.40. The Morgan fingerprint density at radius 3 is 2.57 bits per heavy atom. The van der Waals surface area contributed by atoms with Crippen molar-refractivity contribution in [2.75, 3.05) is 11.8 Å². The number of sulfonamides is 1. The van der Waals surface area contributed by atoms with Gasteiger partial charge in [-0.25, -0.2) is 13.4 Å². The number of halogens is 3. The summed E-state index contributed by atoms with van der Waals surface area (Å²) in [5.41, 5.74) is 0.276. The Morgan fingerprint density at radius 1 is 1.29 bits per heavy atom. The smallest absolute Gasteiger partial charge is 0.265 e. The number of hydrogen-bond donors (Lipinski definition) is 1. The Bertz CT molecular complexity index is 767. The van der Waals surface area contributed by atoms with E-state index >= 15 is 0 Å². The number of pyridine rings is 1. The third kappa shape index (κ3) is 3.79. The molecule has 0 aliphatic heterocycles. The van der Waals surface area contributed by atoms with Gasteiger partial charge in [-0.2, -0.15) is 0 Å². The van der Waals surface area contributed by atoms with Crippen molar-refractivity contribution in [2.24, 2.45) is 0 Å². The summed E-state index contributed by atoms with van der Waals surface area (Å²) in [6, 6.07) is 5.82. The minimum Gasteiger partial charge on any atom is -0.494 e. The molecule has 0 unspecified atom stereocenters. The van der Waals surface area contributed by atoms with Crippen LogP contribution in [0.2, 0.25) is 10.2 Å². The van der Waals surface area contributed by atoms with Crippen molar-refractivity contribution in [3.63, 3.8) is 0 Å². The lowest BCUT2D eigenvalue weighted by atomic mass is 10.3. The molecule has 0 aliphatic carbocycles. The van der Waals surface area contributed by atoms with Crippen LogP contribution >= 0.6 is 39.1 Å². The molecule has 9 heteroatoms. The van der Waals surface area contributed by atoms with E-state index in [4.69, 9.17) is 27.9 Å². The highest BCUT2D eigenvalue weighted by molar-refractivity contribution is 9.10. The summed E-state index contributed by atoms with van der Waals surface area (Å²) in [6.45, 7) is 0. The number of rotatable bonds is 4. The van der Waals surface area contributed by atoms with E-state index in [0.29, 0.717) is 4.47 Å². The molecular formula is C12H9BrCl2N2O3S. The number of anilines is 1. The van der Waals surface area contributed by atoms with E-state index in [0.717, 1.165) is 0 Å². The predicted octanol–water partition coefficient (Wildman–Crippen LogP) is 3.96. The number of aromatic nitrogens is 1. The topological polar surface area (TPSA) is 68.3 Å². The van der Waals surface area contributed by atoms with Crippen LogP contribution in [0, 0.1) is 0 Å². The van der Waals surface area contributed by atoms with Crippen molar-refractivity contribution in [3.8, 4) is 5.75 Å². The molecule has 0 saturated carbocycles. The standard InChI is InChI=1S/C12H9BrCl2N2O3S/c1-20-12-9(13)4-7(14)5-10(12)21(18,19)17-8-2-3-11(15)16-6-8/h2-6,17H,1H3. The lowest BCUT2D eigenvalue weighted by Crippen LogP contribution is -2.14. The van der Waals surface area contributed by atoms with E-state index in [2.05, 4.69) is 25.6 Å². The van der Waals surface area contributed by atoms with Gasteiger partial charge in [-0.15, -0.1) is 0 Å². The van der Waals surface area contributed by atoms with Gasteiger partial charge in [-0.05, 0) is 40.2 Å². The fourth-order valence-corrected chi connectivity index (χ4v) is 4.12. The van der Waals surface area contributed by atoms with Crippen LogP contribution in [-0.2, 0) is 10.0 Å². The third-order valence-electron chi connectivity index (χ3n) is 2.45. The molecule has 21 heavy (non-hydrogen) atoms. The summed E-state index contributed by atoms with van der Waals surface area (Å²) >= 11 is 14.8. The highest BCUT2D eigenvalue weighted by Crippen LogP contribution is 2.36. The molecule has 1 heterocycles. The van der Waals surface area contributed by atoms with Crippen LogP contribution in [0.3, 0.4) is 0 Å². The quantitative estimate of drug-likeness (QED) is 0.773. The first kappa shape index (κ1) is 16.4. The van der Waals surface area contributed by atoms with Gasteiger partial charge in [0, 0.05) is 5.02 Å². The third-order valence-corrected chi connectivity index (χ3v) is 4.87. The second-order valence-corrected chi connectivity index (χ2v) is 7.22. The Morgan fingerprint density at radius 2 is 2.00 bits per heavy atom. The number of benzene rings is 1. The molecule has 0 fully saturated rings. The van der Waals surface area contributed by atoms with Crippen molar-refractivity contribution in [1.29, 1.82) is 0 Å². The molecule has 0 spiro atoms. The van der Waals surface area contributed by atoms with Crippen molar-refractivity contribution in [1.82, 2.24) is 4.98 Å². The maximum Gasteiger partial charge on any atom is 0.265 e. The minimum absolute atomic E-state index is 0.0840. The van der Waals surface area contributed by atoms with Gasteiger partial charge in [-0.1, -0.05) is 23.2 Å².